The number of rotatable bonds is 4. The molecular formula is C20H25ClN2. The number of hydrogen-bond acceptors (Lipinski definition) is 2. The molecular weight excluding hydrogens is 304 g/mol. The summed E-state index contributed by atoms with van der Waals surface area (Å²) in [4.78, 5) is 2.59. The van der Waals surface area contributed by atoms with Crippen molar-refractivity contribution in [3.05, 3.63) is 70.2 Å². The van der Waals surface area contributed by atoms with E-state index in [0.717, 1.165) is 37.6 Å². The van der Waals surface area contributed by atoms with E-state index in [-0.39, 0.29) is 0 Å². The van der Waals surface area contributed by atoms with E-state index in [0.29, 0.717) is 6.04 Å². The average Bonchev–Trinajstić information content (AvgIpc) is 2.87. The molecule has 0 saturated carbocycles. The molecule has 1 fully saturated rings. The van der Waals surface area contributed by atoms with Crippen molar-refractivity contribution in [2.45, 2.75) is 25.8 Å². The summed E-state index contributed by atoms with van der Waals surface area (Å²) in [7, 11) is 0. The number of benzene rings is 2. The van der Waals surface area contributed by atoms with E-state index >= 15 is 0 Å². The Morgan fingerprint density at radius 2 is 1.61 bits per heavy atom. The van der Waals surface area contributed by atoms with Crippen LogP contribution in [-0.4, -0.2) is 31.1 Å². The first-order chi connectivity index (χ1) is 11.3. The second-order valence-electron chi connectivity index (χ2n) is 6.19. The van der Waals surface area contributed by atoms with Gasteiger partial charge in [-0.3, -0.25) is 4.90 Å². The van der Waals surface area contributed by atoms with Gasteiger partial charge in [-0.2, -0.15) is 0 Å². The third-order valence-electron chi connectivity index (χ3n) is 4.63. The molecule has 1 unspecified atom stereocenters. The van der Waals surface area contributed by atoms with Crippen LogP contribution in [0.5, 0.6) is 0 Å². The van der Waals surface area contributed by atoms with Crippen LogP contribution in [0.1, 0.15) is 36.1 Å². The van der Waals surface area contributed by atoms with Crippen LogP contribution in [0.25, 0.3) is 0 Å². The smallest absolute Gasteiger partial charge is 0.0602 e. The molecule has 1 aliphatic heterocycles. The summed E-state index contributed by atoms with van der Waals surface area (Å²) in [6.07, 6.45) is 2.27. The first kappa shape index (κ1) is 16.5. The second-order valence-corrected chi connectivity index (χ2v) is 6.63. The van der Waals surface area contributed by atoms with Crippen LogP contribution in [0.15, 0.2) is 48.5 Å². The molecule has 1 aliphatic rings. The summed E-state index contributed by atoms with van der Waals surface area (Å²) in [5.74, 6) is 0. The molecule has 2 aromatic carbocycles. The molecule has 1 atom stereocenters. The van der Waals surface area contributed by atoms with E-state index in [1.807, 2.05) is 12.1 Å². The molecule has 1 N–H and O–H groups in total. The van der Waals surface area contributed by atoms with E-state index in [1.165, 1.54) is 23.1 Å². The van der Waals surface area contributed by atoms with Crippen molar-refractivity contribution >= 4 is 11.6 Å². The lowest BCUT2D eigenvalue weighted by atomic mass is 9.95. The van der Waals surface area contributed by atoms with E-state index in [4.69, 9.17) is 11.6 Å². The molecule has 1 saturated heterocycles. The number of nitrogens with zero attached hydrogens (tertiary/aromatic N) is 1. The molecule has 0 amide bonds. The topological polar surface area (TPSA) is 15.3 Å². The van der Waals surface area contributed by atoms with Crippen LogP contribution in [0.4, 0.5) is 0 Å². The Bertz CT molecular complexity index is 599. The number of hydrogen-bond donors (Lipinski definition) is 1. The summed E-state index contributed by atoms with van der Waals surface area (Å²) < 4.78 is 0. The maximum Gasteiger partial charge on any atom is 0.0602 e. The third-order valence-corrected chi connectivity index (χ3v) is 4.88. The van der Waals surface area contributed by atoms with Crippen molar-refractivity contribution < 1.29 is 0 Å². The largest absolute Gasteiger partial charge is 0.315 e. The van der Waals surface area contributed by atoms with E-state index in [2.05, 4.69) is 53.5 Å². The zero-order chi connectivity index (χ0) is 16.1. The minimum absolute atomic E-state index is 0.304. The predicted octanol–water partition coefficient (Wildman–Crippen LogP) is 4.29. The van der Waals surface area contributed by atoms with Gasteiger partial charge >= 0.3 is 0 Å². The van der Waals surface area contributed by atoms with Gasteiger partial charge in [-0.25, -0.2) is 0 Å². The van der Waals surface area contributed by atoms with Crippen molar-refractivity contribution in [2.24, 2.45) is 0 Å². The van der Waals surface area contributed by atoms with Gasteiger partial charge in [-0.15, -0.1) is 0 Å². The Hall–Kier alpha value is -1.35. The van der Waals surface area contributed by atoms with Crippen LogP contribution >= 0.6 is 11.6 Å². The van der Waals surface area contributed by atoms with Gasteiger partial charge in [-0.05, 0) is 48.2 Å². The molecule has 3 heteroatoms. The van der Waals surface area contributed by atoms with Gasteiger partial charge < -0.3 is 5.32 Å². The molecule has 0 bridgehead atoms. The Labute approximate surface area is 144 Å². The van der Waals surface area contributed by atoms with Crippen molar-refractivity contribution in [2.75, 3.05) is 26.2 Å². The van der Waals surface area contributed by atoms with E-state index in [9.17, 15) is 0 Å². The number of halogens is 1. The molecule has 1 heterocycles. The normalized spacial score (nSPS) is 17.7. The highest BCUT2D eigenvalue weighted by molar-refractivity contribution is 6.30. The van der Waals surface area contributed by atoms with Crippen LogP contribution in [-0.2, 0) is 6.42 Å². The van der Waals surface area contributed by atoms with Crippen molar-refractivity contribution in [3.63, 3.8) is 0 Å². The zero-order valence-corrected chi connectivity index (χ0v) is 14.5. The van der Waals surface area contributed by atoms with Gasteiger partial charge in [0.1, 0.15) is 0 Å². The first-order valence-electron chi connectivity index (χ1n) is 8.57. The van der Waals surface area contributed by atoms with Crippen LogP contribution < -0.4 is 5.32 Å². The van der Waals surface area contributed by atoms with Gasteiger partial charge in [0.2, 0.25) is 0 Å². The molecule has 0 aliphatic carbocycles. The zero-order valence-electron chi connectivity index (χ0n) is 13.8. The highest BCUT2D eigenvalue weighted by Gasteiger charge is 2.23. The lowest BCUT2D eigenvalue weighted by Gasteiger charge is -2.31. The lowest BCUT2D eigenvalue weighted by molar-refractivity contribution is 0.241. The molecule has 2 nitrogen and oxygen atoms in total. The summed E-state index contributed by atoms with van der Waals surface area (Å²) >= 11 is 6.09. The summed E-state index contributed by atoms with van der Waals surface area (Å²) in [6.45, 7) is 6.56. The third kappa shape index (κ3) is 4.14. The highest BCUT2D eigenvalue weighted by atomic mass is 35.5. The van der Waals surface area contributed by atoms with Crippen LogP contribution in [0, 0.1) is 0 Å². The van der Waals surface area contributed by atoms with E-state index in [1.54, 1.807) is 0 Å². The molecule has 0 aromatic heterocycles. The Balaban J connectivity index is 1.95. The standard InChI is InChI=1S/C20H25ClN2/c1-2-16-4-6-17(7-5-16)20(18-8-10-19(21)11-9-18)23-14-3-12-22-13-15-23/h4-11,20,22H,2-3,12-15H2,1H3. The van der Waals surface area contributed by atoms with Gasteiger partial charge in [0, 0.05) is 24.7 Å². The SMILES string of the molecule is CCc1ccc(C(c2ccc(Cl)cc2)N2CCCNCC2)cc1. The summed E-state index contributed by atoms with van der Waals surface area (Å²) in [6, 6.07) is 17.7. The number of nitrogens with one attached hydrogen (secondary N) is 1. The maximum absolute atomic E-state index is 6.09. The molecule has 3 rings (SSSR count). The highest BCUT2D eigenvalue weighted by Crippen LogP contribution is 2.30. The second kappa shape index (κ2) is 7.96. The molecule has 0 radical (unpaired) electrons. The van der Waals surface area contributed by atoms with Crippen molar-refractivity contribution in [1.82, 2.24) is 10.2 Å². The molecule has 0 spiro atoms. The Morgan fingerprint density at radius 1 is 0.957 bits per heavy atom. The Morgan fingerprint density at radius 3 is 2.26 bits per heavy atom. The minimum atomic E-state index is 0.304. The van der Waals surface area contributed by atoms with Crippen molar-refractivity contribution in [1.29, 1.82) is 0 Å². The fourth-order valence-electron chi connectivity index (χ4n) is 3.32. The summed E-state index contributed by atoms with van der Waals surface area (Å²) in [5, 5.41) is 4.30. The quantitative estimate of drug-likeness (QED) is 0.900. The van der Waals surface area contributed by atoms with Gasteiger partial charge in [0.25, 0.3) is 0 Å². The molecule has 23 heavy (non-hydrogen) atoms. The van der Waals surface area contributed by atoms with Crippen molar-refractivity contribution in [3.8, 4) is 0 Å². The Kier molecular flexibility index (Phi) is 5.71. The fraction of sp³-hybridized carbons (Fsp3) is 0.400. The molecule has 2 aromatic rings. The maximum atomic E-state index is 6.09. The summed E-state index contributed by atoms with van der Waals surface area (Å²) in [5.41, 5.74) is 4.08. The molecule has 122 valence electrons. The minimum Gasteiger partial charge on any atom is -0.315 e. The first-order valence-corrected chi connectivity index (χ1v) is 8.95. The van der Waals surface area contributed by atoms with E-state index < -0.39 is 0 Å². The predicted molar refractivity (Wildman–Crippen MR) is 98.2 cm³/mol. The van der Waals surface area contributed by atoms with Crippen LogP contribution in [0.2, 0.25) is 5.02 Å². The number of aryl methyl sites for hydroxylation is 1. The monoisotopic (exact) mass is 328 g/mol. The fourth-order valence-corrected chi connectivity index (χ4v) is 3.45. The lowest BCUT2D eigenvalue weighted by Crippen LogP contribution is -2.33. The average molecular weight is 329 g/mol. The van der Waals surface area contributed by atoms with Gasteiger partial charge in [-0.1, -0.05) is 54.9 Å². The van der Waals surface area contributed by atoms with Crippen LogP contribution in [0.3, 0.4) is 0 Å². The van der Waals surface area contributed by atoms with Gasteiger partial charge in [0.15, 0.2) is 0 Å². The van der Waals surface area contributed by atoms with Gasteiger partial charge in [0.05, 0.1) is 6.04 Å².